The Kier molecular flexibility index (Phi) is 4.03. The first-order valence-corrected chi connectivity index (χ1v) is 8.73. The summed E-state index contributed by atoms with van der Waals surface area (Å²) in [5.41, 5.74) is 4.79. The Hall–Kier alpha value is -2.28. The summed E-state index contributed by atoms with van der Waals surface area (Å²) in [6.07, 6.45) is 2.05. The van der Waals surface area contributed by atoms with Crippen LogP contribution in [0.1, 0.15) is 22.3 Å². The van der Waals surface area contributed by atoms with Crippen molar-refractivity contribution in [3.8, 4) is 11.8 Å². The maximum Gasteiger partial charge on any atom is 0.317 e. The number of nitrogens with zero attached hydrogens (tertiary/aromatic N) is 1. The highest BCUT2D eigenvalue weighted by Crippen LogP contribution is 2.43. The molecule has 4 rings (SSSR count). The summed E-state index contributed by atoms with van der Waals surface area (Å²) in [6.45, 7) is 1.88. The third-order valence-corrected chi connectivity index (χ3v) is 5.36. The van der Waals surface area contributed by atoms with Crippen molar-refractivity contribution in [1.29, 1.82) is 0 Å². The van der Waals surface area contributed by atoms with Crippen molar-refractivity contribution in [3.63, 3.8) is 0 Å². The lowest BCUT2D eigenvalue weighted by Crippen LogP contribution is -2.58. The van der Waals surface area contributed by atoms with Crippen LogP contribution < -0.4 is 0 Å². The first-order valence-electron chi connectivity index (χ1n) is 8.36. The molecule has 25 heavy (non-hydrogen) atoms. The largest absolute Gasteiger partial charge is 0.480 e. The van der Waals surface area contributed by atoms with Gasteiger partial charge >= 0.3 is 5.97 Å². The molecule has 3 nitrogen and oxygen atoms in total. The van der Waals surface area contributed by atoms with Gasteiger partial charge in [0.2, 0.25) is 0 Å². The van der Waals surface area contributed by atoms with E-state index in [1.807, 2.05) is 29.2 Å². The fourth-order valence-electron chi connectivity index (χ4n) is 4.04. The number of carboxylic acid groups (broad SMARTS) is 1. The molecular weight excluding hydrogens is 334 g/mol. The number of carboxylic acids is 1. The highest BCUT2D eigenvalue weighted by Gasteiger charge is 2.47. The zero-order chi connectivity index (χ0) is 17.4. The van der Waals surface area contributed by atoms with Crippen LogP contribution >= 0.6 is 11.6 Å². The third kappa shape index (κ3) is 3.28. The molecule has 2 aliphatic rings. The van der Waals surface area contributed by atoms with Crippen molar-refractivity contribution in [2.75, 3.05) is 19.6 Å². The van der Waals surface area contributed by atoms with Crippen LogP contribution in [-0.2, 0) is 17.6 Å². The monoisotopic (exact) mass is 351 g/mol. The van der Waals surface area contributed by atoms with Crippen LogP contribution in [0.5, 0.6) is 0 Å². The molecule has 4 heteroatoms. The molecule has 0 atom stereocenters. The highest BCUT2D eigenvalue weighted by atomic mass is 35.5. The Bertz CT molecular complexity index is 904. The number of halogens is 1. The zero-order valence-corrected chi connectivity index (χ0v) is 14.5. The van der Waals surface area contributed by atoms with Gasteiger partial charge < -0.3 is 5.11 Å². The molecule has 0 amide bonds. The molecule has 0 aromatic heterocycles. The number of benzene rings is 2. The molecule has 2 aromatic carbocycles. The van der Waals surface area contributed by atoms with Crippen molar-refractivity contribution < 1.29 is 9.90 Å². The first-order chi connectivity index (χ1) is 12.0. The molecule has 1 saturated heterocycles. The minimum atomic E-state index is -0.748. The number of fused-ring (bicyclic) bond motifs is 1. The van der Waals surface area contributed by atoms with Gasteiger partial charge in [-0.2, -0.15) is 0 Å². The van der Waals surface area contributed by atoms with Gasteiger partial charge in [0.25, 0.3) is 0 Å². The van der Waals surface area contributed by atoms with E-state index in [9.17, 15) is 4.79 Å². The Morgan fingerprint density at radius 1 is 1.12 bits per heavy atom. The summed E-state index contributed by atoms with van der Waals surface area (Å²) in [7, 11) is 0. The standard InChI is InChI=1S/C21H18ClNO2/c22-19-4-2-1-3-16(19)7-5-15-6-8-17-10-21(11-18(17)9-15)13-23(14-21)12-20(24)25/h1-4,6,8-9H,10-14H2,(H,24,25). The van der Waals surface area contributed by atoms with Crippen LogP contribution in [0.15, 0.2) is 42.5 Å². The van der Waals surface area contributed by atoms with Gasteiger partial charge in [0, 0.05) is 29.6 Å². The molecule has 0 unspecified atom stereocenters. The van der Waals surface area contributed by atoms with Gasteiger partial charge in [0.1, 0.15) is 0 Å². The van der Waals surface area contributed by atoms with E-state index in [1.165, 1.54) is 11.1 Å². The van der Waals surface area contributed by atoms with Gasteiger partial charge in [0.05, 0.1) is 11.6 Å². The molecule has 1 fully saturated rings. The van der Waals surface area contributed by atoms with E-state index >= 15 is 0 Å². The van der Waals surface area contributed by atoms with Crippen LogP contribution in [-0.4, -0.2) is 35.6 Å². The van der Waals surface area contributed by atoms with Crippen LogP contribution in [0.25, 0.3) is 0 Å². The number of hydrogen-bond acceptors (Lipinski definition) is 2. The zero-order valence-electron chi connectivity index (χ0n) is 13.8. The molecule has 0 radical (unpaired) electrons. The van der Waals surface area contributed by atoms with Crippen molar-refractivity contribution in [2.24, 2.45) is 5.41 Å². The van der Waals surface area contributed by atoms with Crippen LogP contribution in [0.3, 0.4) is 0 Å². The highest BCUT2D eigenvalue weighted by molar-refractivity contribution is 6.31. The third-order valence-electron chi connectivity index (χ3n) is 5.03. The molecule has 0 saturated carbocycles. The number of carbonyl (C=O) groups is 1. The average Bonchev–Trinajstić information content (AvgIpc) is 2.92. The summed E-state index contributed by atoms with van der Waals surface area (Å²) < 4.78 is 0. The number of likely N-dealkylation sites (tertiary alicyclic amines) is 1. The Balaban J connectivity index is 1.48. The van der Waals surface area contributed by atoms with E-state index < -0.39 is 5.97 Å². The SMILES string of the molecule is O=C(O)CN1CC2(Cc3ccc(C#Cc4ccccc4Cl)cc3C2)C1. The second-order valence-corrected chi connectivity index (χ2v) is 7.51. The summed E-state index contributed by atoms with van der Waals surface area (Å²) in [5, 5.41) is 9.57. The summed E-state index contributed by atoms with van der Waals surface area (Å²) in [4.78, 5) is 12.8. The van der Waals surface area contributed by atoms with Gasteiger partial charge in [-0.15, -0.1) is 0 Å². The maximum absolute atomic E-state index is 10.8. The molecule has 0 bridgehead atoms. The van der Waals surface area contributed by atoms with E-state index in [1.54, 1.807) is 0 Å². The van der Waals surface area contributed by atoms with E-state index in [0.29, 0.717) is 5.02 Å². The number of rotatable bonds is 2. The normalized spacial score (nSPS) is 17.5. The predicted molar refractivity (Wildman–Crippen MR) is 97.8 cm³/mol. The van der Waals surface area contributed by atoms with E-state index in [0.717, 1.165) is 37.1 Å². The lowest BCUT2D eigenvalue weighted by Gasteiger charge is -2.47. The Morgan fingerprint density at radius 3 is 2.64 bits per heavy atom. The topological polar surface area (TPSA) is 40.5 Å². The second-order valence-electron chi connectivity index (χ2n) is 7.11. The van der Waals surface area contributed by atoms with Crippen molar-refractivity contribution in [1.82, 2.24) is 4.90 Å². The van der Waals surface area contributed by atoms with Gasteiger partial charge in [-0.05, 0) is 48.2 Å². The number of hydrogen-bond donors (Lipinski definition) is 1. The number of aliphatic carboxylic acids is 1. The Morgan fingerprint density at radius 2 is 1.88 bits per heavy atom. The van der Waals surface area contributed by atoms with Gasteiger partial charge in [0.15, 0.2) is 0 Å². The van der Waals surface area contributed by atoms with Crippen LogP contribution in [0.2, 0.25) is 5.02 Å². The molecule has 126 valence electrons. The lowest BCUT2D eigenvalue weighted by atomic mass is 9.77. The summed E-state index contributed by atoms with van der Waals surface area (Å²) in [6, 6.07) is 14.0. The van der Waals surface area contributed by atoms with E-state index in [-0.39, 0.29) is 12.0 Å². The summed E-state index contributed by atoms with van der Waals surface area (Å²) in [5.74, 6) is 5.60. The van der Waals surface area contributed by atoms with Crippen molar-refractivity contribution in [3.05, 3.63) is 69.7 Å². The van der Waals surface area contributed by atoms with Crippen molar-refractivity contribution in [2.45, 2.75) is 12.8 Å². The minimum Gasteiger partial charge on any atom is -0.480 e. The smallest absolute Gasteiger partial charge is 0.317 e. The molecule has 1 heterocycles. The molecular formula is C21H18ClNO2. The minimum absolute atomic E-state index is 0.145. The average molecular weight is 352 g/mol. The summed E-state index contributed by atoms with van der Waals surface area (Å²) >= 11 is 6.15. The predicted octanol–water partition coefficient (Wildman–Crippen LogP) is 3.23. The van der Waals surface area contributed by atoms with Crippen LogP contribution in [0, 0.1) is 17.3 Å². The van der Waals surface area contributed by atoms with E-state index in [2.05, 4.69) is 30.0 Å². The fraction of sp³-hybridized carbons (Fsp3) is 0.286. The maximum atomic E-state index is 10.8. The molecule has 2 aromatic rings. The molecule has 1 aliphatic carbocycles. The van der Waals surface area contributed by atoms with Gasteiger partial charge in [-0.25, -0.2) is 0 Å². The quantitative estimate of drug-likeness (QED) is 0.844. The van der Waals surface area contributed by atoms with Crippen molar-refractivity contribution >= 4 is 17.6 Å². The van der Waals surface area contributed by atoms with Gasteiger partial charge in [-0.3, -0.25) is 9.69 Å². The van der Waals surface area contributed by atoms with E-state index in [4.69, 9.17) is 16.7 Å². The molecule has 1 N–H and O–H groups in total. The molecule has 1 spiro atoms. The second kappa shape index (κ2) is 6.22. The van der Waals surface area contributed by atoms with Gasteiger partial charge in [-0.1, -0.05) is 41.6 Å². The molecule has 1 aliphatic heterocycles. The van der Waals surface area contributed by atoms with Crippen LogP contribution in [0.4, 0.5) is 0 Å². The first kappa shape index (κ1) is 16.2. The Labute approximate surface area is 152 Å². The lowest BCUT2D eigenvalue weighted by molar-refractivity contribution is -0.141. The fourth-order valence-corrected chi connectivity index (χ4v) is 4.23.